The van der Waals surface area contributed by atoms with E-state index in [1.165, 1.54) is 11.3 Å². The van der Waals surface area contributed by atoms with Gasteiger partial charge in [-0.3, -0.25) is 4.99 Å². The number of para-hydroxylation sites is 1. The molecule has 0 bridgehead atoms. The maximum absolute atomic E-state index is 4.69. The summed E-state index contributed by atoms with van der Waals surface area (Å²) in [5.74, 6) is 0. The molecule has 0 amide bonds. The molecule has 0 saturated carbocycles. The summed E-state index contributed by atoms with van der Waals surface area (Å²) >= 11 is 0. The Hall–Kier alpha value is -1.35. The summed E-state index contributed by atoms with van der Waals surface area (Å²) in [5, 5.41) is 6.61. The minimum Gasteiger partial charge on any atom is -0.346 e. The lowest BCUT2D eigenvalue weighted by atomic mass is 9.80. The lowest BCUT2D eigenvalue weighted by Crippen LogP contribution is -2.40. The van der Waals surface area contributed by atoms with Gasteiger partial charge in [-0.15, -0.1) is 0 Å². The Morgan fingerprint density at radius 3 is 2.80 bits per heavy atom. The van der Waals surface area contributed by atoms with E-state index in [4.69, 9.17) is 0 Å². The predicted molar refractivity (Wildman–Crippen MR) is 62.3 cm³/mol. The Balaban J connectivity index is 2.08. The van der Waals surface area contributed by atoms with Crippen LogP contribution in [-0.2, 0) is 5.54 Å². The van der Waals surface area contributed by atoms with Gasteiger partial charge in [0.05, 0.1) is 11.9 Å². The molecule has 1 spiro atoms. The van der Waals surface area contributed by atoms with Gasteiger partial charge in [-0.05, 0) is 32.0 Å². The summed E-state index contributed by atoms with van der Waals surface area (Å²) in [4.78, 5) is 4.69. The molecule has 0 unspecified atom stereocenters. The van der Waals surface area contributed by atoms with Crippen molar-refractivity contribution in [1.82, 2.24) is 5.32 Å². The average Bonchev–Trinajstić information content (AvgIpc) is 2.31. The molecular formula is C12H15N3. The van der Waals surface area contributed by atoms with Crippen LogP contribution in [0, 0.1) is 0 Å². The van der Waals surface area contributed by atoms with Crippen molar-refractivity contribution in [2.45, 2.75) is 18.4 Å². The van der Waals surface area contributed by atoms with E-state index in [9.17, 15) is 0 Å². The quantitative estimate of drug-likeness (QED) is 0.670. The standard InChI is InChI=1S/C12H15N3/c1-2-4-11-10(3-1)12(15-9-14-11)5-7-13-8-6-12/h1-4,9,13H,5-8H2,(H,14,15). The Labute approximate surface area is 89.6 Å². The van der Waals surface area contributed by atoms with Gasteiger partial charge in [-0.1, -0.05) is 18.2 Å². The molecule has 3 rings (SSSR count). The fourth-order valence-electron chi connectivity index (χ4n) is 2.55. The third-order valence-corrected chi connectivity index (χ3v) is 3.39. The highest BCUT2D eigenvalue weighted by Gasteiger charge is 2.36. The highest BCUT2D eigenvalue weighted by Crippen LogP contribution is 2.40. The minimum atomic E-state index is 0.0348. The first kappa shape index (κ1) is 8.92. The molecule has 2 heterocycles. The van der Waals surface area contributed by atoms with Crippen molar-refractivity contribution >= 4 is 12.0 Å². The third-order valence-electron chi connectivity index (χ3n) is 3.39. The number of benzene rings is 1. The number of piperidine rings is 1. The number of nitrogens with one attached hydrogen (secondary N) is 2. The van der Waals surface area contributed by atoms with Gasteiger partial charge >= 0.3 is 0 Å². The van der Waals surface area contributed by atoms with Gasteiger partial charge in [0.15, 0.2) is 0 Å². The smallest absolute Gasteiger partial charge is 0.0918 e. The van der Waals surface area contributed by atoms with Gasteiger partial charge in [0.25, 0.3) is 0 Å². The second-order valence-electron chi connectivity index (χ2n) is 4.23. The zero-order valence-corrected chi connectivity index (χ0v) is 8.66. The van der Waals surface area contributed by atoms with E-state index in [0.717, 1.165) is 25.9 Å². The molecule has 0 aromatic heterocycles. The molecule has 3 nitrogen and oxygen atoms in total. The van der Waals surface area contributed by atoms with Crippen LogP contribution in [-0.4, -0.2) is 19.4 Å². The zero-order valence-electron chi connectivity index (χ0n) is 8.66. The highest BCUT2D eigenvalue weighted by atomic mass is 15.1. The van der Waals surface area contributed by atoms with Gasteiger partial charge in [-0.2, -0.15) is 0 Å². The van der Waals surface area contributed by atoms with Crippen molar-refractivity contribution in [2.24, 2.45) is 4.99 Å². The monoisotopic (exact) mass is 201 g/mol. The fourth-order valence-corrected chi connectivity index (χ4v) is 2.55. The van der Waals surface area contributed by atoms with Crippen LogP contribution in [0.2, 0.25) is 0 Å². The maximum atomic E-state index is 4.69. The predicted octanol–water partition coefficient (Wildman–Crippen LogP) is 1.72. The summed E-state index contributed by atoms with van der Waals surface area (Å²) in [6, 6.07) is 8.50. The second-order valence-corrected chi connectivity index (χ2v) is 4.23. The molecular weight excluding hydrogens is 186 g/mol. The molecule has 2 N–H and O–H groups in total. The molecule has 0 radical (unpaired) electrons. The van der Waals surface area contributed by atoms with E-state index in [0.29, 0.717) is 0 Å². The first-order valence-corrected chi connectivity index (χ1v) is 5.51. The third kappa shape index (κ3) is 1.35. The van der Waals surface area contributed by atoms with Gasteiger partial charge in [0, 0.05) is 11.3 Å². The fraction of sp³-hybridized carbons (Fsp3) is 0.417. The van der Waals surface area contributed by atoms with Crippen LogP contribution < -0.4 is 10.6 Å². The van der Waals surface area contributed by atoms with E-state index in [2.05, 4.69) is 39.9 Å². The first-order valence-electron chi connectivity index (χ1n) is 5.51. The first-order chi connectivity index (χ1) is 7.41. The van der Waals surface area contributed by atoms with Crippen molar-refractivity contribution in [1.29, 1.82) is 0 Å². The van der Waals surface area contributed by atoms with Gasteiger partial charge in [0.2, 0.25) is 0 Å². The number of nitrogens with zero attached hydrogens (tertiary/aromatic N) is 1. The number of hydrogen-bond acceptors (Lipinski definition) is 3. The van der Waals surface area contributed by atoms with Gasteiger partial charge in [-0.25, -0.2) is 0 Å². The molecule has 1 aromatic carbocycles. The molecule has 0 atom stereocenters. The van der Waals surface area contributed by atoms with Crippen LogP contribution >= 0.6 is 0 Å². The van der Waals surface area contributed by atoms with Crippen molar-refractivity contribution in [3.05, 3.63) is 29.8 Å². The van der Waals surface area contributed by atoms with E-state index in [1.54, 1.807) is 0 Å². The van der Waals surface area contributed by atoms with Crippen LogP contribution in [0.5, 0.6) is 0 Å². The molecule has 1 saturated heterocycles. The van der Waals surface area contributed by atoms with Crippen LogP contribution in [0.1, 0.15) is 18.4 Å². The largest absolute Gasteiger partial charge is 0.346 e. The van der Waals surface area contributed by atoms with Gasteiger partial charge in [0.1, 0.15) is 0 Å². The molecule has 2 aliphatic heterocycles. The van der Waals surface area contributed by atoms with Crippen molar-refractivity contribution in [3.8, 4) is 0 Å². The summed E-state index contributed by atoms with van der Waals surface area (Å²) in [5.41, 5.74) is 2.61. The van der Waals surface area contributed by atoms with E-state index in [-0.39, 0.29) is 5.54 Å². The molecule has 3 heteroatoms. The van der Waals surface area contributed by atoms with Gasteiger partial charge < -0.3 is 10.6 Å². The molecule has 78 valence electrons. The SMILES string of the molecule is C1=NC2(CCNCC2)c2ccccc2N1. The molecule has 2 aliphatic rings. The Bertz CT molecular complexity index is 392. The minimum absolute atomic E-state index is 0.0348. The second kappa shape index (κ2) is 3.35. The molecule has 1 aromatic rings. The molecule has 0 aliphatic carbocycles. The summed E-state index contributed by atoms with van der Waals surface area (Å²) < 4.78 is 0. The van der Waals surface area contributed by atoms with Crippen LogP contribution in [0.25, 0.3) is 0 Å². The Kier molecular flexibility index (Phi) is 1.99. The van der Waals surface area contributed by atoms with Crippen LogP contribution in [0.3, 0.4) is 0 Å². The zero-order chi connectivity index (χ0) is 10.1. The van der Waals surface area contributed by atoms with Crippen LogP contribution in [0.4, 0.5) is 5.69 Å². The Morgan fingerprint density at radius 1 is 1.13 bits per heavy atom. The lowest BCUT2D eigenvalue weighted by molar-refractivity contribution is 0.320. The van der Waals surface area contributed by atoms with Crippen molar-refractivity contribution < 1.29 is 0 Å². The number of anilines is 1. The van der Waals surface area contributed by atoms with Crippen molar-refractivity contribution in [2.75, 3.05) is 18.4 Å². The molecule has 1 fully saturated rings. The summed E-state index contributed by atoms with van der Waals surface area (Å²) in [6.45, 7) is 2.12. The topological polar surface area (TPSA) is 36.4 Å². The van der Waals surface area contributed by atoms with E-state index < -0.39 is 0 Å². The maximum Gasteiger partial charge on any atom is 0.0918 e. The Morgan fingerprint density at radius 2 is 1.93 bits per heavy atom. The number of rotatable bonds is 0. The normalized spacial score (nSPS) is 22.1. The van der Waals surface area contributed by atoms with E-state index in [1.807, 2.05) is 6.34 Å². The number of hydrogen-bond donors (Lipinski definition) is 2. The van der Waals surface area contributed by atoms with Crippen LogP contribution in [0.15, 0.2) is 29.3 Å². The van der Waals surface area contributed by atoms with Crippen molar-refractivity contribution in [3.63, 3.8) is 0 Å². The summed E-state index contributed by atoms with van der Waals surface area (Å²) in [6.07, 6.45) is 4.05. The number of fused-ring (bicyclic) bond motifs is 2. The highest BCUT2D eigenvalue weighted by molar-refractivity contribution is 5.81. The van der Waals surface area contributed by atoms with E-state index >= 15 is 0 Å². The summed E-state index contributed by atoms with van der Waals surface area (Å²) in [7, 11) is 0. The lowest BCUT2D eigenvalue weighted by Gasteiger charge is -2.37. The average molecular weight is 201 g/mol. The molecule has 15 heavy (non-hydrogen) atoms. The number of aliphatic imine (C=N–C) groups is 1.